The summed E-state index contributed by atoms with van der Waals surface area (Å²) in [5, 5.41) is 0. The Morgan fingerprint density at radius 2 is 1.72 bits per heavy atom. The first-order valence-corrected chi connectivity index (χ1v) is 9.00. The lowest BCUT2D eigenvalue weighted by Gasteiger charge is -2.54. The van der Waals surface area contributed by atoms with Gasteiger partial charge in [-0.1, -0.05) is 12.1 Å². The molecule has 1 atom stereocenters. The number of carbonyl (C=O) groups is 1. The van der Waals surface area contributed by atoms with Crippen molar-refractivity contribution in [2.75, 3.05) is 7.11 Å². The predicted octanol–water partition coefficient (Wildman–Crippen LogP) is 3.45. The van der Waals surface area contributed by atoms with Crippen molar-refractivity contribution in [2.24, 2.45) is 11.1 Å². The van der Waals surface area contributed by atoms with Crippen molar-refractivity contribution in [3.63, 3.8) is 0 Å². The Balaban J connectivity index is 1.82. The quantitative estimate of drug-likeness (QED) is 0.845. The molecule has 0 saturated heterocycles. The molecule has 5 nitrogen and oxygen atoms in total. The SMILES string of the molecule is COc1ccccc1OC1CC2(C(=O)OC(C)(C)C)CCC1(N)CC2. The van der Waals surface area contributed by atoms with Gasteiger partial charge in [0, 0.05) is 6.42 Å². The summed E-state index contributed by atoms with van der Waals surface area (Å²) in [6, 6.07) is 7.55. The Bertz CT molecular complexity index is 641. The van der Waals surface area contributed by atoms with E-state index in [4.69, 9.17) is 19.9 Å². The molecule has 0 heterocycles. The molecule has 2 N–H and O–H groups in total. The van der Waals surface area contributed by atoms with Gasteiger partial charge in [-0.25, -0.2) is 0 Å². The molecule has 138 valence electrons. The van der Waals surface area contributed by atoms with Crippen molar-refractivity contribution in [1.29, 1.82) is 0 Å². The number of ether oxygens (including phenoxy) is 3. The molecule has 0 amide bonds. The van der Waals surface area contributed by atoms with Gasteiger partial charge in [0.15, 0.2) is 11.5 Å². The summed E-state index contributed by atoms with van der Waals surface area (Å²) in [5.41, 5.74) is 5.28. The first-order chi connectivity index (χ1) is 11.7. The van der Waals surface area contributed by atoms with Crippen LogP contribution >= 0.6 is 0 Å². The van der Waals surface area contributed by atoms with E-state index >= 15 is 0 Å². The summed E-state index contributed by atoms with van der Waals surface area (Å²) < 4.78 is 17.4. The third kappa shape index (κ3) is 3.47. The maximum atomic E-state index is 12.9. The molecule has 5 heteroatoms. The Kier molecular flexibility index (Phi) is 4.48. The van der Waals surface area contributed by atoms with Gasteiger partial charge in [0.1, 0.15) is 11.7 Å². The van der Waals surface area contributed by atoms with E-state index < -0.39 is 16.6 Å². The van der Waals surface area contributed by atoms with E-state index in [1.165, 1.54) is 0 Å². The van der Waals surface area contributed by atoms with Crippen molar-refractivity contribution >= 4 is 5.97 Å². The minimum atomic E-state index is -0.487. The molecule has 3 aliphatic carbocycles. The first-order valence-electron chi connectivity index (χ1n) is 9.00. The van der Waals surface area contributed by atoms with Crippen LogP contribution in [0.1, 0.15) is 52.9 Å². The van der Waals surface area contributed by atoms with Crippen LogP contribution in [0.25, 0.3) is 0 Å². The van der Waals surface area contributed by atoms with Gasteiger partial charge in [-0.05, 0) is 58.6 Å². The smallest absolute Gasteiger partial charge is 0.312 e. The number of para-hydroxylation sites is 2. The number of hydrogen-bond donors (Lipinski definition) is 1. The van der Waals surface area contributed by atoms with Gasteiger partial charge in [-0.2, -0.15) is 0 Å². The van der Waals surface area contributed by atoms with Gasteiger partial charge in [0.05, 0.1) is 18.1 Å². The van der Waals surface area contributed by atoms with Crippen LogP contribution in [0.3, 0.4) is 0 Å². The van der Waals surface area contributed by atoms with Crippen LogP contribution in [0, 0.1) is 5.41 Å². The van der Waals surface area contributed by atoms with Crippen LogP contribution in [0.2, 0.25) is 0 Å². The largest absolute Gasteiger partial charge is 0.493 e. The fourth-order valence-electron chi connectivity index (χ4n) is 3.98. The summed E-state index contributed by atoms with van der Waals surface area (Å²) in [5.74, 6) is 1.24. The average Bonchev–Trinajstić information content (AvgIpc) is 2.55. The predicted molar refractivity (Wildman–Crippen MR) is 95.7 cm³/mol. The fourth-order valence-corrected chi connectivity index (χ4v) is 3.98. The third-order valence-electron chi connectivity index (χ3n) is 5.53. The van der Waals surface area contributed by atoms with Crippen molar-refractivity contribution in [3.05, 3.63) is 24.3 Å². The van der Waals surface area contributed by atoms with Gasteiger partial charge >= 0.3 is 5.97 Å². The molecular weight excluding hydrogens is 318 g/mol. The minimum Gasteiger partial charge on any atom is -0.493 e. The van der Waals surface area contributed by atoms with Gasteiger partial charge in [0.25, 0.3) is 0 Å². The summed E-state index contributed by atoms with van der Waals surface area (Å²) in [4.78, 5) is 12.9. The number of fused-ring (bicyclic) bond motifs is 3. The number of methoxy groups -OCH3 is 1. The molecule has 3 saturated carbocycles. The minimum absolute atomic E-state index is 0.115. The lowest BCUT2D eigenvalue weighted by Crippen LogP contribution is -2.65. The molecule has 25 heavy (non-hydrogen) atoms. The third-order valence-corrected chi connectivity index (χ3v) is 5.53. The number of rotatable bonds is 4. The van der Waals surface area contributed by atoms with Gasteiger partial charge in [0.2, 0.25) is 0 Å². The summed E-state index contributed by atoms with van der Waals surface area (Å²) in [6.45, 7) is 5.72. The number of hydrogen-bond acceptors (Lipinski definition) is 5. The highest BCUT2D eigenvalue weighted by Gasteiger charge is 2.58. The molecule has 0 radical (unpaired) electrons. The van der Waals surface area contributed by atoms with Crippen molar-refractivity contribution in [1.82, 2.24) is 0 Å². The van der Waals surface area contributed by atoms with Crippen LogP contribution in [0.15, 0.2) is 24.3 Å². The average molecular weight is 347 g/mol. The highest BCUT2D eigenvalue weighted by molar-refractivity contribution is 5.78. The van der Waals surface area contributed by atoms with Crippen LogP contribution < -0.4 is 15.2 Å². The molecule has 1 aromatic carbocycles. The standard InChI is InChI=1S/C20H29NO4/c1-18(2,3)25-17(22)19-9-11-20(21,12-10-19)16(13-19)24-15-8-6-5-7-14(15)23-4/h5-8,16H,9-13,21H2,1-4H3. The van der Waals surface area contributed by atoms with Gasteiger partial charge in [-0.3, -0.25) is 4.79 Å². The normalized spacial score (nSPS) is 31.5. The van der Waals surface area contributed by atoms with E-state index in [2.05, 4.69) is 0 Å². The molecule has 2 bridgehead atoms. The van der Waals surface area contributed by atoms with E-state index in [1.54, 1.807) is 7.11 Å². The molecule has 0 spiro atoms. The number of benzene rings is 1. The van der Waals surface area contributed by atoms with Crippen LogP contribution in [0.5, 0.6) is 11.5 Å². The highest BCUT2D eigenvalue weighted by atomic mass is 16.6. The van der Waals surface area contributed by atoms with Crippen molar-refractivity contribution in [2.45, 2.75) is 70.1 Å². The molecule has 3 fully saturated rings. The van der Waals surface area contributed by atoms with Crippen molar-refractivity contribution < 1.29 is 19.0 Å². The Morgan fingerprint density at radius 3 is 2.28 bits per heavy atom. The lowest BCUT2D eigenvalue weighted by atomic mass is 9.56. The molecule has 3 aliphatic rings. The molecule has 1 aromatic rings. The molecule has 1 unspecified atom stereocenters. The molecule has 0 aromatic heterocycles. The number of carbonyl (C=O) groups excluding carboxylic acids is 1. The van der Waals surface area contributed by atoms with E-state index in [0.717, 1.165) is 25.7 Å². The summed E-state index contributed by atoms with van der Waals surface area (Å²) in [6.07, 6.45) is 3.45. The van der Waals surface area contributed by atoms with E-state index in [0.29, 0.717) is 17.9 Å². The second kappa shape index (κ2) is 6.20. The molecular formula is C20H29NO4. The monoisotopic (exact) mass is 347 g/mol. The zero-order valence-corrected chi connectivity index (χ0v) is 15.6. The van der Waals surface area contributed by atoms with Crippen LogP contribution in [-0.2, 0) is 9.53 Å². The lowest BCUT2D eigenvalue weighted by molar-refractivity contribution is -0.180. The van der Waals surface area contributed by atoms with E-state index in [9.17, 15) is 4.79 Å². The van der Waals surface area contributed by atoms with Crippen molar-refractivity contribution in [3.8, 4) is 11.5 Å². The van der Waals surface area contributed by atoms with E-state index in [-0.39, 0.29) is 12.1 Å². The second-order valence-electron chi connectivity index (χ2n) is 8.48. The molecule has 4 rings (SSSR count). The Labute approximate surface area is 149 Å². The maximum absolute atomic E-state index is 12.9. The van der Waals surface area contributed by atoms with Gasteiger partial charge < -0.3 is 19.9 Å². The van der Waals surface area contributed by atoms with Gasteiger partial charge in [-0.15, -0.1) is 0 Å². The van der Waals surface area contributed by atoms with Crippen LogP contribution in [0.4, 0.5) is 0 Å². The summed E-state index contributed by atoms with van der Waals surface area (Å²) >= 11 is 0. The Morgan fingerprint density at radius 1 is 1.12 bits per heavy atom. The fraction of sp³-hybridized carbons (Fsp3) is 0.650. The van der Waals surface area contributed by atoms with Crippen LogP contribution in [-0.4, -0.2) is 30.3 Å². The zero-order chi connectivity index (χ0) is 18.3. The first kappa shape index (κ1) is 18.1. The molecule has 0 aliphatic heterocycles. The second-order valence-corrected chi connectivity index (χ2v) is 8.48. The number of esters is 1. The number of nitrogens with two attached hydrogens (primary N) is 1. The highest BCUT2D eigenvalue weighted by Crippen LogP contribution is 2.53. The Hall–Kier alpha value is -1.75. The zero-order valence-electron chi connectivity index (χ0n) is 15.6. The van der Waals surface area contributed by atoms with E-state index in [1.807, 2.05) is 45.0 Å². The topological polar surface area (TPSA) is 70.8 Å². The summed E-state index contributed by atoms with van der Waals surface area (Å²) in [7, 11) is 1.62. The maximum Gasteiger partial charge on any atom is 0.312 e.